The Morgan fingerprint density at radius 1 is 1.20 bits per heavy atom. The molecule has 0 saturated carbocycles. The van der Waals surface area contributed by atoms with E-state index >= 15 is 0 Å². The Kier molecular flexibility index (Phi) is 6.99. The summed E-state index contributed by atoms with van der Waals surface area (Å²) >= 11 is 0. The van der Waals surface area contributed by atoms with Crippen molar-refractivity contribution in [3.05, 3.63) is 58.9 Å². The first-order chi connectivity index (χ1) is 14.0. The molecule has 9 heteroatoms. The van der Waals surface area contributed by atoms with Gasteiger partial charge in [-0.15, -0.1) is 0 Å². The number of hydrogen-bond donors (Lipinski definition) is 2. The predicted octanol–water partition coefficient (Wildman–Crippen LogP) is 5.07. The average molecular weight is 425 g/mol. The highest BCUT2D eigenvalue weighted by molar-refractivity contribution is 6.06. The second-order valence-corrected chi connectivity index (χ2v) is 6.16. The van der Waals surface area contributed by atoms with Gasteiger partial charge in [0, 0.05) is 23.6 Å². The molecule has 30 heavy (non-hydrogen) atoms. The molecule has 0 saturated heterocycles. The number of carbonyl (C=O) groups is 1. The third-order valence-electron chi connectivity index (χ3n) is 4.18. The van der Waals surface area contributed by atoms with Crippen LogP contribution in [0.1, 0.15) is 28.4 Å². The Hall–Kier alpha value is -3.20. The molecule has 0 aliphatic heterocycles. The normalized spacial score (nSPS) is 11.1. The van der Waals surface area contributed by atoms with Gasteiger partial charge in [-0.1, -0.05) is 12.1 Å². The molecule has 2 N–H and O–H groups in total. The maximum absolute atomic E-state index is 14.0. The SMILES string of the molecule is CCO.COc1cc2nc(-c3cccc(C(F)(F)F)c3)c(C)c(C(=O)O)c2cc1F. The van der Waals surface area contributed by atoms with E-state index in [0.717, 1.165) is 18.2 Å². The fourth-order valence-corrected chi connectivity index (χ4v) is 2.92. The van der Waals surface area contributed by atoms with Crippen LogP contribution in [0.15, 0.2) is 36.4 Å². The highest BCUT2D eigenvalue weighted by Crippen LogP contribution is 2.35. The zero-order valence-corrected chi connectivity index (χ0v) is 16.3. The summed E-state index contributed by atoms with van der Waals surface area (Å²) in [7, 11) is 1.24. The number of aromatic nitrogens is 1. The highest BCUT2D eigenvalue weighted by Gasteiger charge is 2.31. The van der Waals surface area contributed by atoms with Crippen LogP contribution in [0.5, 0.6) is 5.75 Å². The van der Waals surface area contributed by atoms with Crippen LogP contribution in [-0.4, -0.2) is 34.9 Å². The molecule has 0 aliphatic rings. The van der Waals surface area contributed by atoms with Crippen molar-refractivity contribution in [1.82, 2.24) is 4.98 Å². The molecule has 0 radical (unpaired) electrons. The first kappa shape index (κ1) is 23.1. The van der Waals surface area contributed by atoms with E-state index in [4.69, 9.17) is 9.84 Å². The van der Waals surface area contributed by atoms with Gasteiger partial charge in [0.25, 0.3) is 0 Å². The van der Waals surface area contributed by atoms with Gasteiger partial charge in [-0.25, -0.2) is 14.2 Å². The summed E-state index contributed by atoms with van der Waals surface area (Å²) in [6, 6.07) is 6.64. The van der Waals surface area contributed by atoms with Gasteiger partial charge in [-0.3, -0.25) is 0 Å². The number of aliphatic hydroxyl groups excluding tert-OH is 1. The van der Waals surface area contributed by atoms with Gasteiger partial charge < -0.3 is 14.9 Å². The first-order valence-corrected chi connectivity index (χ1v) is 8.74. The molecule has 0 unspecified atom stereocenters. The zero-order chi connectivity index (χ0) is 22.6. The molecule has 3 rings (SSSR count). The van der Waals surface area contributed by atoms with Crippen LogP contribution < -0.4 is 4.74 Å². The second kappa shape index (κ2) is 9.08. The summed E-state index contributed by atoms with van der Waals surface area (Å²) in [5, 5.41) is 17.2. The number of aromatic carboxylic acids is 1. The summed E-state index contributed by atoms with van der Waals surface area (Å²) in [4.78, 5) is 16.0. The molecular formula is C21H19F4NO4. The number of benzene rings is 2. The van der Waals surface area contributed by atoms with E-state index in [1.165, 1.54) is 32.2 Å². The predicted molar refractivity (Wildman–Crippen MR) is 103 cm³/mol. The molecule has 0 atom stereocenters. The Morgan fingerprint density at radius 3 is 2.37 bits per heavy atom. The lowest BCUT2D eigenvalue weighted by Gasteiger charge is -2.14. The number of alkyl halides is 3. The Bertz CT molecular complexity index is 1080. The summed E-state index contributed by atoms with van der Waals surface area (Å²) in [6.07, 6.45) is -4.55. The number of aliphatic hydroxyl groups is 1. The molecule has 0 amide bonds. The fourth-order valence-electron chi connectivity index (χ4n) is 2.92. The Balaban J connectivity index is 0.00000101. The van der Waals surface area contributed by atoms with Crippen molar-refractivity contribution in [1.29, 1.82) is 0 Å². The average Bonchev–Trinajstić information content (AvgIpc) is 2.67. The van der Waals surface area contributed by atoms with Crippen molar-refractivity contribution < 1.29 is 37.3 Å². The molecule has 160 valence electrons. The van der Waals surface area contributed by atoms with Crippen LogP contribution in [0.25, 0.3) is 22.2 Å². The maximum Gasteiger partial charge on any atom is 0.416 e. The zero-order valence-electron chi connectivity index (χ0n) is 16.3. The summed E-state index contributed by atoms with van der Waals surface area (Å²) in [6.45, 7) is 3.35. The van der Waals surface area contributed by atoms with Crippen LogP contribution in [0.4, 0.5) is 17.6 Å². The Labute approximate surface area is 169 Å². The van der Waals surface area contributed by atoms with Gasteiger partial charge >= 0.3 is 12.1 Å². The number of carboxylic acid groups (broad SMARTS) is 1. The monoisotopic (exact) mass is 425 g/mol. The number of ether oxygens (including phenoxy) is 1. The van der Waals surface area contributed by atoms with E-state index in [1.807, 2.05) is 0 Å². The molecule has 1 aromatic heterocycles. The van der Waals surface area contributed by atoms with Crippen LogP contribution >= 0.6 is 0 Å². The largest absolute Gasteiger partial charge is 0.494 e. The third kappa shape index (κ3) is 4.68. The second-order valence-electron chi connectivity index (χ2n) is 6.16. The van der Waals surface area contributed by atoms with Crippen LogP contribution in [0.3, 0.4) is 0 Å². The van der Waals surface area contributed by atoms with Gasteiger partial charge in [-0.2, -0.15) is 13.2 Å². The lowest BCUT2D eigenvalue weighted by molar-refractivity contribution is -0.137. The topological polar surface area (TPSA) is 79.7 Å². The van der Waals surface area contributed by atoms with E-state index in [9.17, 15) is 27.5 Å². The smallest absolute Gasteiger partial charge is 0.416 e. The quantitative estimate of drug-likeness (QED) is 0.573. The maximum atomic E-state index is 14.0. The lowest BCUT2D eigenvalue weighted by atomic mass is 9.96. The molecule has 0 bridgehead atoms. The lowest BCUT2D eigenvalue weighted by Crippen LogP contribution is -2.07. The van der Waals surface area contributed by atoms with Gasteiger partial charge in [0.2, 0.25) is 0 Å². The van der Waals surface area contributed by atoms with Crippen LogP contribution in [0.2, 0.25) is 0 Å². The van der Waals surface area contributed by atoms with Crippen LogP contribution in [-0.2, 0) is 6.18 Å². The number of fused-ring (bicyclic) bond motifs is 1. The fraction of sp³-hybridized carbons (Fsp3) is 0.238. The van der Waals surface area contributed by atoms with E-state index < -0.39 is 23.5 Å². The number of nitrogens with zero attached hydrogens (tertiary/aromatic N) is 1. The highest BCUT2D eigenvalue weighted by atomic mass is 19.4. The van der Waals surface area contributed by atoms with Crippen LogP contribution in [0, 0.1) is 12.7 Å². The number of methoxy groups -OCH3 is 1. The minimum atomic E-state index is -4.55. The number of pyridine rings is 1. The third-order valence-corrected chi connectivity index (χ3v) is 4.18. The van der Waals surface area contributed by atoms with E-state index in [-0.39, 0.29) is 45.6 Å². The summed E-state index contributed by atoms with van der Waals surface area (Å²) < 4.78 is 58.0. The standard InChI is InChI=1S/C19H13F4NO3.C2H6O/c1-9-16(18(25)26)12-7-13(20)15(27-2)8-14(12)24-17(9)10-4-3-5-11(6-10)19(21,22)23;1-2-3/h3-8H,1-2H3,(H,25,26);3H,2H2,1H3. The Morgan fingerprint density at radius 2 is 1.83 bits per heavy atom. The minimum Gasteiger partial charge on any atom is -0.494 e. The van der Waals surface area contributed by atoms with Gasteiger partial charge in [0.15, 0.2) is 11.6 Å². The number of rotatable bonds is 3. The molecule has 0 spiro atoms. The molecule has 3 aromatic rings. The summed E-state index contributed by atoms with van der Waals surface area (Å²) in [5.41, 5.74) is -0.693. The number of halogens is 4. The van der Waals surface area contributed by atoms with Gasteiger partial charge in [-0.05, 0) is 37.6 Å². The van der Waals surface area contributed by atoms with Crippen molar-refractivity contribution in [2.75, 3.05) is 13.7 Å². The molecule has 1 heterocycles. The molecule has 0 aliphatic carbocycles. The van der Waals surface area contributed by atoms with Crippen molar-refractivity contribution in [2.45, 2.75) is 20.0 Å². The molecular weight excluding hydrogens is 406 g/mol. The van der Waals surface area contributed by atoms with Crippen molar-refractivity contribution >= 4 is 16.9 Å². The number of hydrogen-bond acceptors (Lipinski definition) is 4. The molecule has 5 nitrogen and oxygen atoms in total. The van der Waals surface area contributed by atoms with Crippen molar-refractivity contribution in [2.24, 2.45) is 0 Å². The first-order valence-electron chi connectivity index (χ1n) is 8.74. The summed E-state index contributed by atoms with van der Waals surface area (Å²) in [5.74, 6) is -2.25. The van der Waals surface area contributed by atoms with E-state index in [1.54, 1.807) is 6.92 Å². The van der Waals surface area contributed by atoms with Gasteiger partial charge in [0.05, 0.1) is 29.4 Å². The van der Waals surface area contributed by atoms with E-state index in [0.29, 0.717) is 0 Å². The van der Waals surface area contributed by atoms with Crippen molar-refractivity contribution in [3.63, 3.8) is 0 Å². The minimum absolute atomic E-state index is 0.0361. The molecule has 0 fully saturated rings. The molecule has 2 aromatic carbocycles. The number of carboxylic acids is 1. The van der Waals surface area contributed by atoms with E-state index in [2.05, 4.69) is 4.98 Å². The van der Waals surface area contributed by atoms with Gasteiger partial charge in [0.1, 0.15) is 0 Å². The van der Waals surface area contributed by atoms with Crippen molar-refractivity contribution in [3.8, 4) is 17.0 Å².